The van der Waals surface area contributed by atoms with Crippen molar-refractivity contribution in [1.29, 1.82) is 0 Å². The van der Waals surface area contributed by atoms with E-state index in [9.17, 15) is 0 Å². The summed E-state index contributed by atoms with van der Waals surface area (Å²) in [5, 5.41) is 0. The second-order valence-corrected chi connectivity index (χ2v) is 11.3. The molecule has 0 aliphatic heterocycles. The van der Waals surface area contributed by atoms with Crippen LogP contribution in [0.5, 0.6) is 0 Å². The lowest BCUT2D eigenvalue weighted by molar-refractivity contribution is 0.355. The van der Waals surface area contributed by atoms with Gasteiger partial charge in [-0.2, -0.15) is 0 Å². The fourth-order valence-corrected chi connectivity index (χ4v) is 6.44. The van der Waals surface area contributed by atoms with Gasteiger partial charge in [0, 0.05) is 0 Å². The standard InChI is InChI=1S/C34H42/c1-25-13-17-29(18-14-25)33-23-32(22-28-11-7-4-8-12-28)34(30-19-15-26(2)16-20-30)24-31(33)21-27-9-5-3-6-10-27/h13-20,23-24,27-28H,3-12,21-22H2,1-2H3. The normalized spacial score (nSPS) is 17.7. The highest BCUT2D eigenvalue weighted by molar-refractivity contribution is 5.77. The number of benzene rings is 3. The summed E-state index contributed by atoms with van der Waals surface area (Å²) in [5.41, 5.74) is 11.6. The lowest BCUT2D eigenvalue weighted by Crippen LogP contribution is -2.12. The zero-order valence-corrected chi connectivity index (χ0v) is 21.4. The van der Waals surface area contributed by atoms with Crippen LogP contribution < -0.4 is 0 Å². The van der Waals surface area contributed by atoms with E-state index < -0.39 is 0 Å². The molecular weight excluding hydrogens is 408 g/mol. The van der Waals surface area contributed by atoms with E-state index in [-0.39, 0.29) is 0 Å². The second kappa shape index (κ2) is 10.9. The molecule has 0 aromatic heterocycles. The molecule has 2 aliphatic carbocycles. The minimum absolute atomic E-state index is 0.841. The van der Waals surface area contributed by atoms with Crippen LogP contribution >= 0.6 is 0 Å². The molecule has 0 atom stereocenters. The predicted octanol–water partition coefficient (Wildman–Crippen LogP) is 9.88. The van der Waals surface area contributed by atoms with Crippen molar-refractivity contribution < 1.29 is 0 Å². The van der Waals surface area contributed by atoms with E-state index in [0.717, 1.165) is 11.8 Å². The molecule has 0 radical (unpaired) electrons. The number of hydrogen-bond donors (Lipinski definition) is 0. The van der Waals surface area contributed by atoms with Crippen molar-refractivity contribution in [3.05, 3.63) is 82.9 Å². The predicted molar refractivity (Wildman–Crippen MR) is 147 cm³/mol. The van der Waals surface area contributed by atoms with Gasteiger partial charge in [-0.3, -0.25) is 0 Å². The largest absolute Gasteiger partial charge is 0.0587 e. The van der Waals surface area contributed by atoms with Crippen molar-refractivity contribution in [2.45, 2.75) is 90.9 Å². The van der Waals surface area contributed by atoms with E-state index in [1.165, 1.54) is 110 Å². The maximum atomic E-state index is 2.60. The SMILES string of the molecule is Cc1ccc(-c2cc(CC3CCCCC3)c(-c3ccc(C)cc3)cc2CC2CCCCC2)cc1. The highest BCUT2D eigenvalue weighted by atomic mass is 14.3. The maximum Gasteiger partial charge on any atom is -0.0149 e. The lowest BCUT2D eigenvalue weighted by atomic mass is 9.79. The third-order valence-corrected chi connectivity index (χ3v) is 8.52. The van der Waals surface area contributed by atoms with Gasteiger partial charge >= 0.3 is 0 Å². The number of aryl methyl sites for hydroxylation is 2. The van der Waals surface area contributed by atoms with Gasteiger partial charge in [-0.15, -0.1) is 0 Å². The summed E-state index contributed by atoms with van der Waals surface area (Å²) in [6.45, 7) is 4.39. The van der Waals surface area contributed by atoms with Crippen LogP contribution in [0.1, 0.15) is 86.5 Å². The van der Waals surface area contributed by atoms with Crippen LogP contribution in [0, 0.1) is 25.7 Å². The highest BCUT2D eigenvalue weighted by Gasteiger charge is 2.21. The van der Waals surface area contributed by atoms with Crippen LogP contribution in [0.15, 0.2) is 60.7 Å². The molecule has 0 heteroatoms. The number of rotatable bonds is 6. The molecule has 0 amide bonds. The molecule has 2 saturated carbocycles. The van der Waals surface area contributed by atoms with Crippen molar-refractivity contribution in [2.75, 3.05) is 0 Å². The van der Waals surface area contributed by atoms with E-state index >= 15 is 0 Å². The molecule has 5 rings (SSSR count). The molecule has 0 saturated heterocycles. The Hall–Kier alpha value is -2.34. The van der Waals surface area contributed by atoms with Crippen LogP contribution in [0.4, 0.5) is 0 Å². The van der Waals surface area contributed by atoms with Crippen molar-refractivity contribution in [2.24, 2.45) is 11.8 Å². The zero-order valence-electron chi connectivity index (χ0n) is 21.4. The molecule has 0 N–H and O–H groups in total. The smallest absolute Gasteiger partial charge is 0.0149 e. The fourth-order valence-electron chi connectivity index (χ4n) is 6.44. The van der Waals surface area contributed by atoms with Crippen LogP contribution in [0.25, 0.3) is 22.3 Å². The Balaban J connectivity index is 1.60. The van der Waals surface area contributed by atoms with E-state index in [2.05, 4.69) is 74.5 Å². The third-order valence-electron chi connectivity index (χ3n) is 8.52. The van der Waals surface area contributed by atoms with Crippen molar-refractivity contribution in [3.8, 4) is 22.3 Å². The van der Waals surface area contributed by atoms with Gasteiger partial charge in [0.25, 0.3) is 0 Å². The Morgan fingerprint density at radius 2 is 0.853 bits per heavy atom. The van der Waals surface area contributed by atoms with E-state index in [0.29, 0.717) is 0 Å². The molecule has 3 aromatic carbocycles. The second-order valence-electron chi connectivity index (χ2n) is 11.3. The summed E-state index contributed by atoms with van der Waals surface area (Å²) in [6.07, 6.45) is 16.6. The van der Waals surface area contributed by atoms with Crippen molar-refractivity contribution in [3.63, 3.8) is 0 Å². The van der Waals surface area contributed by atoms with Gasteiger partial charge in [0.05, 0.1) is 0 Å². The van der Waals surface area contributed by atoms with E-state index in [1.54, 1.807) is 11.1 Å². The Kier molecular flexibility index (Phi) is 7.53. The fraction of sp³-hybridized carbons (Fsp3) is 0.471. The van der Waals surface area contributed by atoms with E-state index in [4.69, 9.17) is 0 Å². The molecule has 3 aromatic rings. The third kappa shape index (κ3) is 5.65. The average Bonchev–Trinajstić information content (AvgIpc) is 2.87. The molecule has 2 fully saturated rings. The first-order valence-electron chi connectivity index (χ1n) is 14.0. The van der Waals surface area contributed by atoms with Gasteiger partial charge < -0.3 is 0 Å². The summed E-state index contributed by atoms with van der Waals surface area (Å²) in [4.78, 5) is 0. The van der Waals surface area contributed by atoms with Crippen LogP contribution in [-0.2, 0) is 12.8 Å². The van der Waals surface area contributed by atoms with Crippen LogP contribution in [-0.4, -0.2) is 0 Å². The lowest BCUT2D eigenvalue weighted by Gasteiger charge is -2.26. The van der Waals surface area contributed by atoms with Crippen molar-refractivity contribution >= 4 is 0 Å². The Labute approximate surface area is 207 Å². The van der Waals surface area contributed by atoms with Crippen LogP contribution in [0.3, 0.4) is 0 Å². The first kappa shape index (κ1) is 23.4. The monoisotopic (exact) mass is 450 g/mol. The van der Waals surface area contributed by atoms with Gasteiger partial charge in [0.1, 0.15) is 0 Å². The first-order valence-corrected chi connectivity index (χ1v) is 14.0. The Morgan fingerprint density at radius 3 is 1.21 bits per heavy atom. The molecule has 178 valence electrons. The molecule has 0 nitrogen and oxygen atoms in total. The Morgan fingerprint density at radius 1 is 0.500 bits per heavy atom. The van der Waals surface area contributed by atoms with Gasteiger partial charge in [0.2, 0.25) is 0 Å². The molecule has 0 heterocycles. The summed E-state index contributed by atoms with van der Waals surface area (Å²) in [7, 11) is 0. The van der Waals surface area contributed by atoms with Gasteiger partial charge in [-0.05, 0) is 71.9 Å². The topological polar surface area (TPSA) is 0 Å². The molecule has 0 unspecified atom stereocenters. The van der Waals surface area contributed by atoms with Gasteiger partial charge in [0.15, 0.2) is 0 Å². The molecule has 2 aliphatic rings. The quantitative estimate of drug-likeness (QED) is 0.350. The summed E-state index contributed by atoms with van der Waals surface area (Å²) >= 11 is 0. The minimum Gasteiger partial charge on any atom is -0.0587 e. The van der Waals surface area contributed by atoms with Gasteiger partial charge in [-0.1, -0.05) is 136 Å². The first-order chi connectivity index (χ1) is 16.7. The summed E-state index contributed by atoms with van der Waals surface area (Å²) in [5.74, 6) is 1.68. The minimum atomic E-state index is 0.841. The molecule has 0 spiro atoms. The average molecular weight is 451 g/mol. The maximum absolute atomic E-state index is 2.60. The highest BCUT2D eigenvalue weighted by Crippen LogP contribution is 2.38. The number of hydrogen-bond acceptors (Lipinski definition) is 0. The van der Waals surface area contributed by atoms with Crippen LogP contribution in [0.2, 0.25) is 0 Å². The molecule has 0 bridgehead atoms. The Bertz CT molecular complexity index is 969. The van der Waals surface area contributed by atoms with Gasteiger partial charge in [-0.25, -0.2) is 0 Å². The molecular formula is C34H42. The molecule has 34 heavy (non-hydrogen) atoms. The zero-order chi connectivity index (χ0) is 23.3. The van der Waals surface area contributed by atoms with Crippen molar-refractivity contribution in [1.82, 2.24) is 0 Å². The van der Waals surface area contributed by atoms with E-state index in [1.807, 2.05) is 0 Å². The summed E-state index contributed by atoms with van der Waals surface area (Å²) in [6, 6.07) is 23.8. The summed E-state index contributed by atoms with van der Waals surface area (Å²) < 4.78 is 0.